The molecule has 0 aliphatic rings. The van der Waals surface area contributed by atoms with Gasteiger partial charge in [0.1, 0.15) is 6.61 Å². The molecule has 0 bridgehead atoms. The number of ether oxygens (including phenoxy) is 2. The van der Waals surface area contributed by atoms with Crippen LogP contribution < -0.4 is 5.32 Å². The fourth-order valence-electron chi connectivity index (χ4n) is 0.987. The van der Waals surface area contributed by atoms with Gasteiger partial charge in [0.15, 0.2) is 5.78 Å². The van der Waals surface area contributed by atoms with Crippen molar-refractivity contribution in [3.63, 3.8) is 0 Å². The molecular formula is C12H23NO4. The average molecular weight is 245 g/mol. The van der Waals surface area contributed by atoms with E-state index in [1.54, 1.807) is 0 Å². The SMILES string of the molecule is CC(C)OCCC(=O)CNC(=O)COC(C)C. The van der Waals surface area contributed by atoms with Crippen LogP contribution in [0.1, 0.15) is 34.1 Å². The highest BCUT2D eigenvalue weighted by atomic mass is 16.5. The molecule has 0 radical (unpaired) electrons. The fourth-order valence-corrected chi connectivity index (χ4v) is 0.987. The van der Waals surface area contributed by atoms with Gasteiger partial charge in [-0.05, 0) is 27.7 Å². The van der Waals surface area contributed by atoms with Crippen LogP contribution in [-0.2, 0) is 19.1 Å². The second kappa shape index (κ2) is 9.13. The van der Waals surface area contributed by atoms with Crippen molar-refractivity contribution in [2.24, 2.45) is 0 Å². The molecule has 5 heteroatoms. The molecule has 0 saturated heterocycles. The van der Waals surface area contributed by atoms with Gasteiger partial charge in [-0.15, -0.1) is 0 Å². The number of rotatable bonds is 9. The van der Waals surface area contributed by atoms with Crippen LogP contribution in [0.15, 0.2) is 0 Å². The van der Waals surface area contributed by atoms with Crippen molar-refractivity contribution in [1.82, 2.24) is 5.32 Å². The van der Waals surface area contributed by atoms with E-state index in [1.807, 2.05) is 27.7 Å². The first-order valence-corrected chi connectivity index (χ1v) is 5.93. The molecule has 1 amide bonds. The number of carbonyl (C=O) groups excluding carboxylic acids is 2. The normalized spacial score (nSPS) is 10.9. The Labute approximate surface area is 103 Å². The van der Waals surface area contributed by atoms with Crippen molar-refractivity contribution in [3.8, 4) is 0 Å². The zero-order valence-corrected chi connectivity index (χ0v) is 11.1. The predicted octanol–water partition coefficient (Wildman–Crippen LogP) is 0.912. The van der Waals surface area contributed by atoms with Crippen molar-refractivity contribution in [1.29, 1.82) is 0 Å². The van der Waals surface area contributed by atoms with Crippen LogP contribution >= 0.6 is 0 Å². The molecule has 0 spiro atoms. The van der Waals surface area contributed by atoms with Gasteiger partial charge in [0.05, 0.1) is 25.4 Å². The fraction of sp³-hybridized carbons (Fsp3) is 0.833. The maximum atomic E-state index is 11.3. The number of hydrogen-bond acceptors (Lipinski definition) is 4. The minimum absolute atomic E-state index is 0.00651. The van der Waals surface area contributed by atoms with Crippen LogP contribution in [0.2, 0.25) is 0 Å². The Kier molecular flexibility index (Phi) is 8.62. The second-order valence-electron chi connectivity index (χ2n) is 4.34. The first-order valence-electron chi connectivity index (χ1n) is 5.93. The Morgan fingerprint density at radius 1 is 1.06 bits per heavy atom. The van der Waals surface area contributed by atoms with Crippen molar-refractivity contribution in [2.75, 3.05) is 19.8 Å². The van der Waals surface area contributed by atoms with Gasteiger partial charge in [0.2, 0.25) is 5.91 Å². The highest BCUT2D eigenvalue weighted by molar-refractivity contribution is 5.86. The van der Waals surface area contributed by atoms with Crippen LogP contribution in [0.25, 0.3) is 0 Å². The third-order valence-electron chi connectivity index (χ3n) is 1.86. The Morgan fingerprint density at radius 2 is 1.65 bits per heavy atom. The van der Waals surface area contributed by atoms with Crippen LogP contribution in [0.5, 0.6) is 0 Å². The van der Waals surface area contributed by atoms with Crippen LogP contribution in [0.4, 0.5) is 0 Å². The van der Waals surface area contributed by atoms with Gasteiger partial charge >= 0.3 is 0 Å². The van der Waals surface area contributed by atoms with Crippen molar-refractivity contribution < 1.29 is 19.1 Å². The zero-order chi connectivity index (χ0) is 13.3. The van der Waals surface area contributed by atoms with Gasteiger partial charge in [-0.1, -0.05) is 0 Å². The monoisotopic (exact) mass is 245 g/mol. The Hall–Kier alpha value is -0.940. The van der Waals surface area contributed by atoms with Crippen molar-refractivity contribution >= 4 is 11.7 Å². The van der Waals surface area contributed by atoms with E-state index in [1.165, 1.54) is 0 Å². The number of carbonyl (C=O) groups is 2. The zero-order valence-electron chi connectivity index (χ0n) is 11.1. The Balaban J connectivity index is 3.52. The van der Waals surface area contributed by atoms with E-state index < -0.39 is 0 Å². The minimum Gasteiger partial charge on any atom is -0.378 e. The molecule has 0 aliphatic heterocycles. The topological polar surface area (TPSA) is 64.6 Å². The molecule has 0 heterocycles. The largest absolute Gasteiger partial charge is 0.378 e. The summed E-state index contributed by atoms with van der Waals surface area (Å²) >= 11 is 0. The molecule has 0 fully saturated rings. The number of hydrogen-bond donors (Lipinski definition) is 1. The summed E-state index contributed by atoms with van der Waals surface area (Å²) in [7, 11) is 0. The number of amides is 1. The summed E-state index contributed by atoms with van der Waals surface area (Å²) in [5, 5.41) is 2.51. The third-order valence-corrected chi connectivity index (χ3v) is 1.86. The number of nitrogens with one attached hydrogen (secondary N) is 1. The molecule has 0 aromatic heterocycles. The van der Waals surface area contributed by atoms with Crippen LogP contribution in [0.3, 0.4) is 0 Å². The summed E-state index contributed by atoms with van der Waals surface area (Å²) in [5.74, 6) is -0.305. The number of Topliss-reactive ketones (excluding diaryl/α,β-unsaturated/α-hetero) is 1. The van der Waals surface area contributed by atoms with Gasteiger partial charge < -0.3 is 14.8 Å². The maximum absolute atomic E-state index is 11.3. The van der Waals surface area contributed by atoms with E-state index in [0.29, 0.717) is 13.0 Å². The first kappa shape index (κ1) is 16.1. The molecule has 5 nitrogen and oxygen atoms in total. The van der Waals surface area contributed by atoms with Gasteiger partial charge in [-0.2, -0.15) is 0 Å². The number of ketones is 1. The lowest BCUT2D eigenvalue weighted by molar-refractivity contribution is -0.129. The lowest BCUT2D eigenvalue weighted by Crippen LogP contribution is -2.33. The summed E-state index contributed by atoms with van der Waals surface area (Å²) in [4.78, 5) is 22.5. The summed E-state index contributed by atoms with van der Waals surface area (Å²) in [6.45, 7) is 7.96. The van der Waals surface area contributed by atoms with Gasteiger partial charge in [0.25, 0.3) is 0 Å². The van der Waals surface area contributed by atoms with E-state index in [9.17, 15) is 9.59 Å². The molecule has 0 atom stereocenters. The third kappa shape index (κ3) is 11.3. The van der Waals surface area contributed by atoms with E-state index >= 15 is 0 Å². The van der Waals surface area contributed by atoms with E-state index in [-0.39, 0.29) is 37.0 Å². The van der Waals surface area contributed by atoms with Gasteiger partial charge in [-0.25, -0.2) is 0 Å². The quantitative estimate of drug-likeness (QED) is 0.656. The van der Waals surface area contributed by atoms with Gasteiger partial charge in [0, 0.05) is 6.42 Å². The molecular weight excluding hydrogens is 222 g/mol. The van der Waals surface area contributed by atoms with Crippen molar-refractivity contribution in [3.05, 3.63) is 0 Å². The first-order chi connectivity index (χ1) is 7.91. The smallest absolute Gasteiger partial charge is 0.246 e. The lowest BCUT2D eigenvalue weighted by Gasteiger charge is -2.09. The molecule has 0 rings (SSSR count). The van der Waals surface area contributed by atoms with Gasteiger partial charge in [-0.3, -0.25) is 9.59 Å². The molecule has 0 aromatic rings. The van der Waals surface area contributed by atoms with E-state index in [0.717, 1.165) is 0 Å². The summed E-state index contributed by atoms with van der Waals surface area (Å²) in [6.07, 6.45) is 0.455. The predicted molar refractivity (Wildman–Crippen MR) is 64.8 cm³/mol. The summed E-state index contributed by atoms with van der Waals surface area (Å²) in [6, 6.07) is 0. The second-order valence-corrected chi connectivity index (χ2v) is 4.34. The molecule has 1 N–H and O–H groups in total. The molecule has 0 aliphatic carbocycles. The summed E-state index contributed by atoms with van der Waals surface area (Å²) in [5.41, 5.74) is 0. The minimum atomic E-state index is -0.267. The average Bonchev–Trinajstić information content (AvgIpc) is 2.23. The van der Waals surface area contributed by atoms with E-state index in [2.05, 4.69) is 5.32 Å². The summed E-state index contributed by atoms with van der Waals surface area (Å²) < 4.78 is 10.3. The highest BCUT2D eigenvalue weighted by Gasteiger charge is 2.07. The molecule has 0 aromatic carbocycles. The molecule has 17 heavy (non-hydrogen) atoms. The standard InChI is InChI=1S/C12H23NO4/c1-9(2)16-6-5-11(14)7-13-12(15)8-17-10(3)4/h9-10H,5-8H2,1-4H3,(H,13,15). The van der Waals surface area contributed by atoms with Crippen LogP contribution in [0, 0.1) is 0 Å². The Bertz CT molecular complexity index is 239. The molecule has 100 valence electrons. The molecule has 0 saturated carbocycles. The van der Waals surface area contributed by atoms with E-state index in [4.69, 9.17) is 9.47 Å². The maximum Gasteiger partial charge on any atom is 0.246 e. The Morgan fingerprint density at radius 3 is 2.18 bits per heavy atom. The lowest BCUT2D eigenvalue weighted by atomic mass is 10.3. The van der Waals surface area contributed by atoms with Crippen LogP contribution in [-0.4, -0.2) is 43.7 Å². The highest BCUT2D eigenvalue weighted by Crippen LogP contribution is 1.91. The molecule has 0 unspecified atom stereocenters. The van der Waals surface area contributed by atoms with Crippen molar-refractivity contribution in [2.45, 2.75) is 46.3 Å².